The minimum atomic E-state index is -5.69. The predicted octanol–water partition coefficient (Wildman–Crippen LogP) is -0.0660. The Hall–Kier alpha value is -0.520. The number of ether oxygens (including phenoxy) is 1. The Morgan fingerprint density at radius 3 is 2.42 bits per heavy atom. The lowest BCUT2D eigenvalue weighted by molar-refractivity contribution is -0.0450. The third-order valence-corrected chi connectivity index (χ3v) is 7.73. The lowest BCUT2D eigenvalue weighted by Crippen LogP contribution is -2.33. The normalized spacial score (nSPS) is 26.1. The number of aliphatic hydroxyl groups is 1. The maximum absolute atomic E-state index is 12.0. The fourth-order valence-electron chi connectivity index (χ4n) is 2.41. The summed E-state index contributed by atoms with van der Waals surface area (Å²) >= 11 is 1.86. The van der Waals surface area contributed by atoms with Gasteiger partial charge in [-0.15, -0.1) is 0 Å². The van der Waals surface area contributed by atoms with E-state index in [1.807, 2.05) is 22.6 Å². The van der Waals surface area contributed by atoms with Gasteiger partial charge in [0.25, 0.3) is 5.56 Å². The number of phosphoric ester groups is 1. The SMILES string of the molecule is O=c1[nH]c(=O)n([C@H]2C[C@H](O)[C@@H](COP(=O)(O)OP(=O)(O)OP(=O)(O)O)O2)cc1/C=C/I. The summed E-state index contributed by atoms with van der Waals surface area (Å²) in [6.45, 7) is -0.889. The minimum Gasteiger partial charge on any atom is -0.390 e. The van der Waals surface area contributed by atoms with Gasteiger partial charge in [0.05, 0.1) is 18.3 Å². The molecule has 1 aromatic heterocycles. The van der Waals surface area contributed by atoms with Crippen molar-refractivity contribution in [2.24, 2.45) is 0 Å². The first-order valence-electron chi connectivity index (χ1n) is 7.86. The topological polar surface area (TPSA) is 244 Å². The van der Waals surface area contributed by atoms with Crippen molar-refractivity contribution in [2.45, 2.75) is 24.9 Å². The molecular weight excluding hydrogens is 604 g/mol. The van der Waals surface area contributed by atoms with Crippen LogP contribution in [0.3, 0.4) is 0 Å². The highest BCUT2D eigenvalue weighted by molar-refractivity contribution is 14.1. The number of nitrogens with one attached hydrogen (secondary N) is 1. The van der Waals surface area contributed by atoms with Crippen LogP contribution in [-0.4, -0.2) is 53.0 Å². The van der Waals surface area contributed by atoms with Crippen molar-refractivity contribution in [3.05, 3.63) is 36.7 Å². The standard InChI is InChI=1S/C11H16IN2O14P3/c12-2-1-6-4-14(11(17)13-10(6)16)9-3-7(15)8(26-9)5-25-30(21,22)28-31(23,24)27-29(18,19)20/h1-2,4,7-9,15H,3,5H2,(H,21,22)(H,23,24)(H,13,16,17)(H2,18,19,20)/b2-1+/t7-,8+,9+/m0/s1. The molecule has 1 saturated heterocycles. The average Bonchev–Trinajstić information content (AvgIpc) is 2.93. The Morgan fingerprint density at radius 1 is 1.19 bits per heavy atom. The van der Waals surface area contributed by atoms with Crippen LogP contribution >= 0.6 is 46.1 Å². The Morgan fingerprint density at radius 2 is 1.84 bits per heavy atom. The Labute approximate surface area is 186 Å². The summed E-state index contributed by atoms with van der Waals surface area (Å²) in [5.74, 6) is 0. The summed E-state index contributed by atoms with van der Waals surface area (Å²) in [5, 5.41) is 10.1. The number of aliphatic hydroxyl groups excluding tert-OH is 1. The van der Waals surface area contributed by atoms with Crippen molar-refractivity contribution in [2.75, 3.05) is 6.61 Å². The zero-order valence-electron chi connectivity index (χ0n) is 15.0. The van der Waals surface area contributed by atoms with Gasteiger partial charge in [0, 0.05) is 12.6 Å². The zero-order chi connectivity index (χ0) is 23.6. The van der Waals surface area contributed by atoms with Gasteiger partial charge >= 0.3 is 29.2 Å². The Kier molecular flexibility index (Phi) is 8.77. The molecule has 0 aliphatic carbocycles. The lowest BCUT2D eigenvalue weighted by atomic mass is 10.2. The third-order valence-electron chi connectivity index (χ3n) is 3.57. The van der Waals surface area contributed by atoms with Crippen LogP contribution < -0.4 is 11.2 Å². The number of rotatable bonds is 9. The fraction of sp³-hybridized carbons (Fsp3) is 0.455. The summed E-state index contributed by atoms with van der Waals surface area (Å²) in [4.78, 5) is 61.3. The van der Waals surface area contributed by atoms with Crippen LogP contribution in [0.25, 0.3) is 6.08 Å². The molecule has 0 radical (unpaired) electrons. The van der Waals surface area contributed by atoms with Crippen molar-refractivity contribution in [1.29, 1.82) is 0 Å². The van der Waals surface area contributed by atoms with Gasteiger partial charge in [0.1, 0.15) is 12.3 Å². The van der Waals surface area contributed by atoms with E-state index in [0.29, 0.717) is 0 Å². The Balaban J connectivity index is 2.07. The number of aromatic amines is 1. The van der Waals surface area contributed by atoms with E-state index in [1.165, 1.54) is 16.4 Å². The van der Waals surface area contributed by atoms with Gasteiger partial charge in [-0.25, -0.2) is 18.5 Å². The highest BCUT2D eigenvalue weighted by Crippen LogP contribution is 2.66. The van der Waals surface area contributed by atoms with Crippen LogP contribution in [-0.2, 0) is 31.6 Å². The number of nitrogens with zero attached hydrogens (tertiary/aromatic N) is 1. The number of phosphoric acid groups is 3. The van der Waals surface area contributed by atoms with Gasteiger partial charge in [-0.05, 0) is 10.2 Å². The molecule has 16 nitrogen and oxygen atoms in total. The summed E-state index contributed by atoms with van der Waals surface area (Å²) in [7, 11) is -16.6. The highest BCUT2D eigenvalue weighted by Gasteiger charge is 2.42. The van der Waals surface area contributed by atoms with Gasteiger partial charge in [0.2, 0.25) is 0 Å². The fourth-order valence-corrected chi connectivity index (χ4v) is 5.83. The van der Waals surface area contributed by atoms with E-state index in [1.54, 1.807) is 0 Å². The van der Waals surface area contributed by atoms with E-state index < -0.39 is 59.8 Å². The number of hydrogen-bond donors (Lipinski definition) is 6. The van der Waals surface area contributed by atoms with E-state index in [4.69, 9.17) is 19.4 Å². The van der Waals surface area contributed by atoms with Crippen LogP contribution in [0.1, 0.15) is 18.2 Å². The van der Waals surface area contributed by atoms with Gasteiger partial charge in [-0.2, -0.15) is 8.62 Å². The molecule has 0 aromatic carbocycles. The van der Waals surface area contributed by atoms with Gasteiger partial charge in [-0.3, -0.25) is 18.9 Å². The molecule has 2 rings (SSSR count). The summed E-state index contributed by atoms with van der Waals surface area (Å²) in [6.07, 6.45) is -1.36. The Bertz CT molecular complexity index is 1090. The first-order chi connectivity index (χ1) is 14.1. The molecule has 0 saturated carbocycles. The molecule has 1 aliphatic heterocycles. The van der Waals surface area contributed by atoms with Crippen molar-refractivity contribution in [1.82, 2.24) is 9.55 Å². The van der Waals surface area contributed by atoms with E-state index in [9.17, 15) is 33.3 Å². The van der Waals surface area contributed by atoms with Crippen LogP contribution in [0.15, 0.2) is 19.9 Å². The molecular formula is C11H16IN2O14P3. The van der Waals surface area contributed by atoms with Crippen molar-refractivity contribution in [3.63, 3.8) is 0 Å². The number of H-pyrrole nitrogens is 1. The molecule has 1 aliphatic rings. The molecule has 0 spiro atoms. The molecule has 176 valence electrons. The predicted molar refractivity (Wildman–Crippen MR) is 109 cm³/mol. The molecule has 5 atom stereocenters. The first-order valence-corrected chi connectivity index (χ1v) is 13.6. The maximum atomic E-state index is 12.0. The van der Waals surface area contributed by atoms with E-state index in [2.05, 4.69) is 18.1 Å². The average molecular weight is 620 g/mol. The molecule has 1 aromatic rings. The smallest absolute Gasteiger partial charge is 0.390 e. The van der Waals surface area contributed by atoms with Crippen LogP contribution in [0.2, 0.25) is 0 Å². The molecule has 0 amide bonds. The number of aromatic nitrogens is 2. The molecule has 1 fully saturated rings. The van der Waals surface area contributed by atoms with Crippen LogP contribution in [0, 0.1) is 0 Å². The van der Waals surface area contributed by atoms with Gasteiger partial charge in [-0.1, -0.05) is 22.6 Å². The van der Waals surface area contributed by atoms with Crippen molar-refractivity contribution < 1.29 is 56.3 Å². The van der Waals surface area contributed by atoms with Gasteiger partial charge in [0.15, 0.2) is 0 Å². The second-order valence-electron chi connectivity index (χ2n) is 5.86. The maximum Gasteiger partial charge on any atom is 0.490 e. The molecule has 0 bridgehead atoms. The van der Waals surface area contributed by atoms with Crippen molar-refractivity contribution >= 4 is 52.1 Å². The van der Waals surface area contributed by atoms with Crippen LogP contribution in [0.5, 0.6) is 0 Å². The lowest BCUT2D eigenvalue weighted by Gasteiger charge is -2.19. The molecule has 31 heavy (non-hydrogen) atoms. The first kappa shape index (κ1) is 26.7. The third kappa shape index (κ3) is 8.08. The number of hydrogen-bond acceptors (Lipinski definition) is 10. The quantitative estimate of drug-likeness (QED) is 0.157. The molecule has 6 N–H and O–H groups in total. The summed E-state index contributed by atoms with van der Waals surface area (Å²) < 4.78 is 53.0. The van der Waals surface area contributed by atoms with E-state index in [-0.39, 0.29) is 12.0 Å². The van der Waals surface area contributed by atoms with Gasteiger partial charge < -0.3 is 29.4 Å². The molecule has 2 heterocycles. The second-order valence-corrected chi connectivity index (χ2v) is 11.0. The highest BCUT2D eigenvalue weighted by atomic mass is 127. The second kappa shape index (κ2) is 10.2. The monoisotopic (exact) mass is 620 g/mol. The van der Waals surface area contributed by atoms with E-state index in [0.717, 1.165) is 4.57 Å². The molecule has 20 heteroatoms. The number of halogens is 1. The van der Waals surface area contributed by atoms with Crippen molar-refractivity contribution in [3.8, 4) is 0 Å². The van der Waals surface area contributed by atoms with Crippen LogP contribution in [0.4, 0.5) is 0 Å². The largest absolute Gasteiger partial charge is 0.490 e. The van der Waals surface area contributed by atoms with E-state index >= 15 is 0 Å². The zero-order valence-corrected chi connectivity index (χ0v) is 19.8. The minimum absolute atomic E-state index is 0.115. The summed E-state index contributed by atoms with van der Waals surface area (Å²) in [5.41, 5.74) is -1.39. The summed E-state index contributed by atoms with van der Waals surface area (Å²) in [6, 6.07) is 0. The molecule has 2 unspecified atom stereocenters.